The average Bonchev–Trinajstić information content (AvgIpc) is 2.94. The lowest BCUT2D eigenvalue weighted by atomic mass is 9.92. The predicted octanol–water partition coefficient (Wildman–Crippen LogP) is 2.49. The highest BCUT2D eigenvalue weighted by Gasteiger charge is 2.32. The fourth-order valence-electron chi connectivity index (χ4n) is 3.53. The fourth-order valence-corrected chi connectivity index (χ4v) is 3.84. The Morgan fingerprint density at radius 3 is 2.88 bits per heavy atom. The molecule has 3 aromatic rings. The number of fused-ring (bicyclic) bond motifs is 3. The van der Waals surface area contributed by atoms with Crippen LogP contribution in [0.25, 0.3) is 5.65 Å². The molecule has 1 N–H and O–H groups in total. The van der Waals surface area contributed by atoms with Crippen LogP contribution in [0.1, 0.15) is 40.5 Å². The molecule has 0 saturated carbocycles. The number of carbonyl (C=O) groups excluding carboxylic acids is 1. The number of amides is 1. The van der Waals surface area contributed by atoms with E-state index in [1.165, 1.54) is 0 Å². The van der Waals surface area contributed by atoms with Gasteiger partial charge >= 0.3 is 0 Å². The molecule has 4 heterocycles. The third-order valence-corrected chi connectivity index (χ3v) is 5.06. The summed E-state index contributed by atoms with van der Waals surface area (Å²) >= 11 is 6.50. The lowest BCUT2D eigenvalue weighted by molar-refractivity contribution is -0.121. The summed E-state index contributed by atoms with van der Waals surface area (Å²) in [6.45, 7) is 4.40. The normalized spacial score (nSPS) is 17.7. The van der Waals surface area contributed by atoms with E-state index >= 15 is 0 Å². The van der Waals surface area contributed by atoms with E-state index in [0.717, 1.165) is 33.9 Å². The molecule has 24 heavy (non-hydrogen) atoms. The third kappa shape index (κ3) is 2.21. The summed E-state index contributed by atoms with van der Waals surface area (Å²) in [7, 11) is 1.81. The highest BCUT2D eigenvalue weighted by molar-refractivity contribution is 6.30. The standard InChI is InChI=1S/C17H18ClN5O/c1-9-4-5-23-13(6-9)20-12-8-19-14(24)7-11(16(12)23)15-10(2)21-22(3)17(15)18/h4-6,11H,7-8H2,1-3H3,(H,19,24)/t11-/m0/s1. The van der Waals surface area contributed by atoms with Crippen molar-refractivity contribution >= 4 is 23.2 Å². The second-order valence-electron chi connectivity index (χ2n) is 6.32. The van der Waals surface area contributed by atoms with Gasteiger partial charge in [0.1, 0.15) is 10.8 Å². The first kappa shape index (κ1) is 15.2. The van der Waals surface area contributed by atoms with E-state index in [1.54, 1.807) is 4.68 Å². The quantitative estimate of drug-likeness (QED) is 0.738. The van der Waals surface area contributed by atoms with Gasteiger partial charge < -0.3 is 9.72 Å². The first-order valence-corrected chi connectivity index (χ1v) is 8.26. The Hall–Kier alpha value is -2.34. The zero-order valence-electron chi connectivity index (χ0n) is 13.8. The molecule has 6 nitrogen and oxygen atoms in total. The van der Waals surface area contributed by atoms with Crippen LogP contribution < -0.4 is 5.32 Å². The summed E-state index contributed by atoms with van der Waals surface area (Å²) in [6.07, 6.45) is 2.35. The summed E-state index contributed by atoms with van der Waals surface area (Å²) in [5.74, 6) is -0.167. The van der Waals surface area contributed by atoms with Gasteiger partial charge in [-0.3, -0.25) is 9.48 Å². The molecule has 7 heteroatoms. The fraction of sp³-hybridized carbons (Fsp3) is 0.353. The Labute approximate surface area is 144 Å². The van der Waals surface area contributed by atoms with Gasteiger partial charge in [-0.2, -0.15) is 5.10 Å². The Kier molecular flexibility index (Phi) is 3.38. The van der Waals surface area contributed by atoms with Gasteiger partial charge in [0.15, 0.2) is 0 Å². The maximum Gasteiger partial charge on any atom is 0.221 e. The molecular formula is C17H18ClN5O. The molecule has 0 aromatic carbocycles. The molecule has 1 aliphatic rings. The molecule has 1 aliphatic heterocycles. The van der Waals surface area contributed by atoms with Crippen LogP contribution in [0.5, 0.6) is 0 Å². The number of hydrogen-bond donors (Lipinski definition) is 1. The zero-order valence-corrected chi connectivity index (χ0v) is 14.6. The number of halogens is 1. The lowest BCUT2D eigenvalue weighted by Gasteiger charge is -2.15. The number of carbonyl (C=O) groups is 1. The number of aromatic nitrogens is 4. The second kappa shape index (κ2) is 5.34. The van der Waals surface area contributed by atoms with E-state index in [-0.39, 0.29) is 11.8 Å². The average molecular weight is 344 g/mol. The number of aryl methyl sites for hydroxylation is 3. The van der Waals surface area contributed by atoms with Crippen LogP contribution in [0.15, 0.2) is 18.3 Å². The smallest absolute Gasteiger partial charge is 0.221 e. The van der Waals surface area contributed by atoms with Crippen LogP contribution in [-0.2, 0) is 18.4 Å². The SMILES string of the molecule is Cc1ccn2c3c(nc2c1)CNC(=O)C[C@H]3c1c(C)nn(C)c1Cl. The molecule has 0 unspecified atom stereocenters. The molecule has 4 rings (SSSR count). The largest absolute Gasteiger partial charge is 0.350 e. The Morgan fingerprint density at radius 1 is 1.38 bits per heavy atom. The van der Waals surface area contributed by atoms with Crippen LogP contribution in [0.3, 0.4) is 0 Å². The van der Waals surface area contributed by atoms with Crippen molar-refractivity contribution < 1.29 is 4.79 Å². The maximum absolute atomic E-state index is 12.2. The Balaban J connectivity index is 2.00. The molecule has 124 valence electrons. The Morgan fingerprint density at radius 2 is 2.17 bits per heavy atom. The molecule has 3 aromatic heterocycles. The summed E-state index contributed by atoms with van der Waals surface area (Å²) in [4.78, 5) is 17.0. The van der Waals surface area contributed by atoms with Crippen LogP contribution in [0, 0.1) is 13.8 Å². The van der Waals surface area contributed by atoms with Gasteiger partial charge in [-0.05, 0) is 31.5 Å². The van der Waals surface area contributed by atoms with Crippen molar-refractivity contribution in [3.8, 4) is 0 Å². The number of nitrogens with zero attached hydrogens (tertiary/aromatic N) is 4. The van der Waals surface area contributed by atoms with E-state index in [2.05, 4.69) is 14.8 Å². The van der Waals surface area contributed by atoms with Crippen molar-refractivity contribution in [2.45, 2.75) is 32.7 Å². The highest BCUT2D eigenvalue weighted by Crippen LogP contribution is 2.38. The molecule has 1 amide bonds. The minimum absolute atomic E-state index is 0.00168. The topological polar surface area (TPSA) is 64.2 Å². The highest BCUT2D eigenvalue weighted by atomic mass is 35.5. The summed E-state index contributed by atoms with van der Waals surface area (Å²) in [6, 6.07) is 4.09. The first-order valence-electron chi connectivity index (χ1n) is 7.89. The van der Waals surface area contributed by atoms with Crippen molar-refractivity contribution in [3.63, 3.8) is 0 Å². The van der Waals surface area contributed by atoms with Gasteiger partial charge in [0.05, 0.1) is 23.6 Å². The van der Waals surface area contributed by atoms with Crippen molar-refractivity contribution in [1.29, 1.82) is 0 Å². The van der Waals surface area contributed by atoms with E-state index in [1.807, 2.05) is 39.2 Å². The molecule has 0 bridgehead atoms. The Bertz CT molecular complexity index is 971. The van der Waals surface area contributed by atoms with Crippen molar-refractivity contribution in [1.82, 2.24) is 24.5 Å². The molecule has 0 spiro atoms. The van der Waals surface area contributed by atoms with Gasteiger partial charge in [0.25, 0.3) is 0 Å². The monoisotopic (exact) mass is 343 g/mol. The second-order valence-corrected chi connectivity index (χ2v) is 6.68. The number of imidazole rings is 1. The van der Waals surface area contributed by atoms with Crippen molar-refractivity contribution in [3.05, 3.63) is 51.7 Å². The van der Waals surface area contributed by atoms with Crippen LogP contribution in [0.4, 0.5) is 0 Å². The number of hydrogen-bond acceptors (Lipinski definition) is 3. The number of pyridine rings is 1. The molecule has 0 aliphatic carbocycles. The molecule has 1 atom stereocenters. The van der Waals surface area contributed by atoms with Gasteiger partial charge in [-0.15, -0.1) is 0 Å². The van der Waals surface area contributed by atoms with Crippen LogP contribution in [0.2, 0.25) is 5.15 Å². The summed E-state index contributed by atoms with van der Waals surface area (Å²) in [5.41, 5.74) is 5.69. The molecule has 0 fully saturated rings. The maximum atomic E-state index is 12.2. The predicted molar refractivity (Wildman–Crippen MR) is 91.2 cm³/mol. The van der Waals surface area contributed by atoms with Gasteiger partial charge in [-0.25, -0.2) is 4.98 Å². The molecular weight excluding hydrogens is 326 g/mol. The van der Waals surface area contributed by atoms with E-state index < -0.39 is 0 Å². The first-order chi connectivity index (χ1) is 11.5. The van der Waals surface area contributed by atoms with E-state index in [0.29, 0.717) is 18.1 Å². The van der Waals surface area contributed by atoms with Gasteiger partial charge in [0.2, 0.25) is 5.91 Å². The number of rotatable bonds is 1. The van der Waals surface area contributed by atoms with Crippen LogP contribution >= 0.6 is 11.6 Å². The summed E-state index contributed by atoms with van der Waals surface area (Å²) in [5, 5.41) is 7.92. The molecule has 0 radical (unpaired) electrons. The summed E-state index contributed by atoms with van der Waals surface area (Å²) < 4.78 is 3.72. The van der Waals surface area contributed by atoms with Crippen molar-refractivity contribution in [2.75, 3.05) is 0 Å². The van der Waals surface area contributed by atoms with Crippen molar-refractivity contribution in [2.24, 2.45) is 7.05 Å². The molecule has 0 saturated heterocycles. The number of nitrogens with one attached hydrogen (secondary N) is 1. The minimum Gasteiger partial charge on any atom is -0.350 e. The van der Waals surface area contributed by atoms with Crippen LogP contribution in [-0.4, -0.2) is 25.1 Å². The zero-order chi connectivity index (χ0) is 17.0. The van der Waals surface area contributed by atoms with Gasteiger partial charge in [0, 0.05) is 31.1 Å². The van der Waals surface area contributed by atoms with E-state index in [4.69, 9.17) is 16.6 Å². The van der Waals surface area contributed by atoms with Gasteiger partial charge in [-0.1, -0.05) is 11.6 Å². The minimum atomic E-state index is -0.165. The third-order valence-electron chi connectivity index (χ3n) is 4.61. The lowest BCUT2D eigenvalue weighted by Crippen LogP contribution is -2.21. The van der Waals surface area contributed by atoms with E-state index in [9.17, 15) is 4.79 Å².